The molecular weight excluding hydrogens is 326 g/mol. The van der Waals surface area contributed by atoms with Crippen LogP contribution in [0.25, 0.3) is 5.69 Å². The van der Waals surface area contributed by atoms with Gasteiger partial charge in [0.15, 0.2) is 10.9 Å². The zero-order chi connectivity index (χ0) is 15.9. The van der Waals surface area contributed by atoms with E-state index in [9.17, 15) is 4.79 Å². The third-order valence-electron chi connectivity index (χ3n) is 2.57. The van der Waals surface area contributed by atoms with Gasteiger partial charge in [-0.2, -0.15) is 16.9 Å². The quantitative estimate of drug-likeness (QED) is 0.644. The molecular formula is C13H14ClN5O2S. The third-order valence-corrected chi connectivity index (χ3v) is 3.41. The second-order valence-corrected chi connectivity index (χ2v) is 5.32. The molecule has 0 radical (unpaired) electrons. The number of hydrogen-bond donors (Lipinski definition) is 1. The molecule has 0 atom stereocenters. The van der Waals surface area contributed by atoms with Gasteiger partial charge >= 0.3 is 0 Å². The highest BCUT2D eigenvalue weighted by molar-refractivity contribution is 7.99. The van der Waals surface area contributed by atoms with Gasteiger partial charge in [-0.05, 0) is 18.4 Å². The van der Waals surface area contributed by atoms with Crippen LogP contribution >= 0.6 is 23.4 Å². The summed E-state index contributed by atoms with van der Waals surface area (Å²) in [6.45, 7) is 0. The van der Waals surface area contributed by atoms with Crippen LogP contribution < -0.4 is 5.32 Å². The van der Waals surface area contributed by atoms with Crippen LogP contribution in [0.5, 0.6) is 0 Å². The Morgan fingerprint density at radius 1 is 1.59 bits per heavy atom. The molecule has 0 saturated carbocycles. The molecule has 7 nitrogen and oxygen atoms in total. The number of oxime groups is 1. The van der Waals surface area contributed by atoms with Crippen LogP contribution in [-0.4, -0.2) is 45.5 Å². The normalized spacial score (nSPS) is 11.3. The van der Waals surface area contributed by atoms with E-state index in [4.69, 9.17) is 11.6 Å². The zero-order valence-electron chi connectivity index (χ0n) is 12.0. The van der Waals surface area contributed by atoms with Gasteiger partial charge in [-0.1, -0.05) is 16.8 Å². The lowest BCUT2D eigenvalue weighted by Crippen LogP contribution is -2.25. The number of carbonyl (C=O) groups excluding carboxylic acids is 1. The lowest BCUT2D eigenvalue weighted by atomic mass is 10.4. The second-order valence-electron chi connectivity index (χ2n) is 4.10. The maximum Gasteiger partial charge on any atom is 0.274 e. The maximum absolute atomic E-state index is 12.1. The van der Waals surface area contributed by atoms with Crippen molar-refractivity contribution in [2.24, 2.45) is 5.16 Å². The van der Waals surface area contributed by atoms with Crippen LogP contribution in [0.15, 0.2) is 35.9 Å². The highest BCUT2D eigenvalue weighted by Crippen LogP contribution is 2.21. The van der Waals surface area contributed by atoms with Gasteiger partial charge in [-0.15, -0.1) is 0 Å². The first-order chi connectivity index (χ1) is 10.7. The molecule has 0 saturated heterocycles. The lowest BCUT2D eigenvalue weighted by molar-refractivity contribution is -0.110. The van der Waals surface area contributed by atoms with Crippen molar-refractivity contribution in [1.29, 1.82) is 0 Å². The molecule has 2 aromatic heterocycles. The first kappa shape index (κ1) is 16.3. The van der Waals surface area contributed by atoms with E-state index in [1.54, 1.807) is 24.7 Å². The minimum atomic E-state index is -0.385. The van der Waals surface area contributed by atoms with Crippen molar-refractivity contribution in [1.82, 2.24) is 14.8 Å². The summed E-state index contributed by atoms with van der Waals surface area (Å²) < 4.78 is 1.53. The first-order valence-electron chi connectivity index (χ1n) is 6.21. The van der Waals surface area contributed by atoms with E-state index in [1.807, 2.05) is 12.3 Å². The molecule has 0 bridgehead atoms. The molecule has 2 rings (SSSR count). The average molecular weight is 340 g/mol. The van der Waals surface area contributed by atoms with Crippen molar-refractivity contribution in [2.75, 3.05) is 24.4 Å². The molecule has 9 heteroatoms. The maximum atomic E-state index is 12.1. The number of thioether (sulfide) groups is 1. The van der Waals surface area contributed by atoms with Crippen molar-refractivity contribution in [3.63, 3.8) is 0 Å². The smallest absolute Gasteiger partial charge is 0.274 e. The molecule has 0 spiro atoms. The Balaban J connectivity index is 2.18. The number of amides is 1. The summed E-state index contributed by atoms with van der Waals surface area (Å²) in [7, 11) is 1.39. The number of rotatable bonds is 6. The lowest BCUT2D eigenvalue weighted by Gasteiger charge is -2.04. The minimum absolute atomic E-state index is 0.179. The minimum Gasteiger partial charge on any atom is -0.399 e. The number of halogens is 1. The number of nitrogens with zero attached hydrogens (tertiary/aromatic N) is 4. The van der Waals surface area contributed by atoms with Gasteiger partial charge < -0.3 is 10.2 Å². The summed E-state index contributed by atoms with van der Waals surface area (Å²) in [5, 5.41) is 10.7. The topological polar surface area (TPSA) is 81.4 Å². The van der Waals surface area contributed by atoms with Crippen molar-refractivity contribution in [2.45, 2.75) is 0 Å². The largest absolute Gasteiger partial charge is 0.399 e. The third kappa shape index (κ3) is 3.99. The van der Waals surface area contributed by atoms with Crippen molar-refractivity contribution in [3.8, 4) is 5.69 Å². The second kappa shape index (κ2) is 7.81. The van der Waals surface area contributed by atoms with E-state index in [-0.39, 0.29) is 16.8 Å². The first-order valence-corrected chi connectivity index (χ1v) is 7.98. The van der Waals surface area contributed by atoms with Gasteiger partial charge in [0, 0.05) is 11.9 Å². The number of carbonyl (C=O) groups is 1. The highest BCUT2D eigenvalue weighted by Gasteiger charge is 2.16. The van der Waals surface area contributed by atoms with Crippen molar-refractivity contribution < 1.29 is 9.63 Å². The predicted octanol–water partition coefficient (Wildman–Crippen LogP) is 2.22. The molecule has 0 aliphatic rings. The molecule has 2 aromatic rings. The fourth-order valence-electron chi connectivity index (χ4n) is 1.63. The van der Waals surface area contributed by atoms with E-state index in [0.29, 0.717) is 11.4 Å². The Hall–Kier alpha value is -2.06. The molecule has 0 unspecified atom stereocenters. The molecule has 0 aromatic carbocycles. The summed E-state index contributed by atoms with van der Waals surface area (Å²) in [6.07, 6.45) is 6.78. The van der Waals surface area contributed by atoms with Gasteiger partial charge in [0.2, 0.25) is 0 Å². The Labute approximate surface area is 136 Å². The molecule has 0 aliphatic heterocycles. The monoisotopic (exact) mass is 339 g/mol. The fraction of sp³-hybridized carbons (Fsp3) is 0.231. The molecule has 2 heterocycles. The Morgan fingerprint density at radius 2 is 2.41 bits per heavy atom. The molecule has 22 heavy (non-hydrogen) atoms. The standard InChI is InChI=1S/C13H14ClN5O2S/c1-21-18-11(8-22-2)13(20)16-10-7-19(17-12(10)14)9-4-3-5-15-6-9/h3-7H,8H2,1-2H3,(H,16,20). The highest BCUT2D eigenvalue weighted by atomic mass is 35.5. The van der Waals surface area contributed by atoms with Crippen LogP contribution in [-0.2, 0) is 9.63 Å². The van der Waals surface area contributed by atoms with Crippen LogP contribution in [0, 0.1) is 0 Å². The van der Waals surface area contributed by atoms with Crippen LogP contribution in [0.3, 0.4) is 0 Å². The van der Waals surface area contributed by atoms with Gasteiger partial charge in [-0.25, -0.2) is 4.68 Å². The van der Waals surface area contributed by atoms with Crippen LogP contribution in [0.2, 0.25) is 5.15 Å². The zero-order valence-corrected chi connectivity index (χ0v) is 13.6. The van der Waals surface area contributed by atoms with Crippen molar-refractivity contribution >= 4 is 40.7 Å². The summed E-state index contributed by atoms with van der Waals surface area (Å²) >= 11 is 7.52. The Kier molecular flexibility index (Phi) is 5.79. The van der Waals surface area contributed by atoms with E-state index >= 15 is 0 Å². The summed E-state index contributed by atoms with van der Waals surface area (Å²) in [5.41, 5.74) is 1.39. The average Bonchev–Trinajstić information content (AvgIpc) is 2.89. The Bertz CT molecular complexity index is 674. The number of aromatic nitrogens is 3. The van der Waals surface area contributed by atoms with E-state index in [2.05, 4.69) is 25.4 Å². The summed E-state index contributed by atoms with van der Waals surface area (Å²) in [6, 6.07) is 3.61. The molecule has 1 N–H and O–H groups in total. The molecule has 1 amide bonds. The summed E-state index contributed by atoms with van der Waals surface area (Å²) in [4.78, 5) is 20.8. The number of hydrogen-bond acceptors (Lipinski definition) is 6. The number of anilines is 1. The Morgan fingerprint density at radius 3 is 3.05 bits per heavy atom. The summed E-state index contributed by atoms with van der Waals surface area (Å²) in [5.74, 6) is 0.0393. The van der Waals surface area contributed by atoms with Gasteiger partial charge in [0.25, 0.3) is 5.91 Å². The molecule has 0 aliphatic carbocycles. The van der Waals surface area contributed by atoms with Gasteiger partial charge in [-0.3, -0.25) is 9.78 Å². The van der Waals surface area contributed by atoms with Gasteiger partial charge in [0.05, 0.1) is 23.8 Å². The van der Waals surface area contributed by atoms with Gasteiger partial charge in [0.1, 0.15) is 7.11 Å². The fourth-order valence-corrected chi connectivity index (χ4v) is 2.27. The van der Waals surface area contributed by atoms with E-state index in [0.717, 1.165) is 5.69 Å². The number of nitrogens with one attached hydrogen (secondary N) is 1. The van der Waals surface area contributed by atoms with E-state index in [1.165, 1.54) is 23.6 Å². The van der Waals surface area contributed by atoms with Crippen molar-refractivity contribution in [3.05, 3.63) is 35.9 Å². The SMILES string of the molecule is CON=C(CSC)C(=O)Nc1cn(-c2cccnc2)nc1Cl. The van der Waals surface area contributed by atoms with Crippen LogP contribution in [0.4, 0.5) is 5.69 Å². The van der Waals surface area contributed by atoms with Crippen LogP contribution in [0.1, 0.15) is 0 Å². The molecule has 116 valence electrons. The molecule has 0 fully saturated rings. The number of pyridine rings is 1. The predicted molar refractivity (Wildman–Crippen MR) is 87.8 cm³/mol. The van der Waals surface area contributed by atoms with E-state index < -0.39 is 0 Å².